The van der Waals surface area contributed by atoms with Crippen LogP contribution in [0.1, 0.15) is 18.7 Å². The highest BCUT2D eigenvalue weighted by Crippen LogP contribution is 2.34. The summed E-state index contributed by atoms with van der Waals surface area (Å²) in [5.74, 6) is 0. The Kier molecular flexibility index (Phi) is 4.22. The SMILES string of the molecule is CC(Nc1cccc(Cl)c1N(C)C)c1cnccn1. The fraction of sp³-hybridized carbons (Fsp3) is 0.286. The topological polar surface area (TPSA) is 41.0 Å². The standard InChI is InChI=1S/C14H17ClN4/c1-10(13-9-16-7-8-17-13)18-12-6-4-5-11(15)14(12)19(2)3/h4-10,18H,1-3H3. The van der Waals surface area contributed by atoms with Crippen LogP contribution < -0.4 is 10.2 Å². The van der Waals surface area contributed by atoms with Crippen LogP contribution in [0.3, 0.4) is 0 Å². The fourth-order valence-electron chi connectivity index (χ4n) is 1.93. The van der Waals surface area contributed by atoms with Gasteiger partial charge in [-0.1, -0.05) is 17.7 Å². The van der Waals surface area contributed by atoms with E-state index >= 15 is 0 Å². The number of hydrogen-bond donors (Lipinski definition) is 1. The third-order valence-electron chi connectivity index (χ3n) is 2.83. The highest BCUT2D eigenvalue weighted by molar-refractivity contribution is 6.34. The van der Waals surface area contributed by atoms with E-state index in [-0.39, 0.29) is 6.04 Å². The van der Waals surface area contributed by atoms with Gasteiger partial charge in [0, 0.05) is 26.5 Å². The molecule has 1 aromatic carbocycles. The lowest BCUT2D eigenvalue weighted by atomic mass is 10.2. The monoisotopic (exact) mass is 276 g/mol. The van der Waals surface area contributed by atoms with Gasteiger partial charge in [-0.15, -0.1) is 0 Å². The van der Waals surface area contributed by atoms with Crippen molar-refractivity contribution in [1.29, 1.82) is 0 Å². The van der Waals surface area contributed by atoms with Crippen LogP contribution in [0.15, 0.2) is 36.8 Å². The first kappa shape index (κ1) is 13.6. The molecular weight excluding hydrogens is 260 g/mol. The summed E-state index contributed by atoms with van der Waals surface area (Å²) < 4.78 is 0. The number of aromatic nitrogens is 2. The molecule has 0 radical (unpaired) electrons. The van der Waals surface area contributed by atoms with Gasteiger partial charge in [0.1, 0.15) is 0 Å². The van der Waals surface area contributed by atoms with Gasteiger partial charge in [0.25, 0.3) is 0 Å². The predicted octanol–water partition coefficient (Wildman–Crippen LogP) is 3.37. The predicted molar refractivity (Wildman–Crippen MR) is 79.8 cm³/mol. The van der Waals surface area contributed by atoms with Crippen LogP contribution in [0.25, 0.3) is 0 Å². The van der Waals surface area contributed by atoms with Gasteiger partial charge < -0.3 is 10.2 Å². The first-order chi connectivity index (χ1) is 9.09. The number of anilines is 2. The van der Waals surface area contributed by atoms with E-state index in [0.29, 0.717) is 0 Å². The Hall–Kier alpha value is -1.81. The first-order valence-electron chi connectivity index (χ1n) is 6.08. The lowest BCUT2D eigenvalue weighted by Crippen LogP contribution is -2.15. The molecule has 0 saturated carbocycles. The molecule has 1 atom stereocenters. The van der Waals surface area contributed by atoms with E-state index < -0.39 is 0 Å². The normalized spacial score (nSPS) is 12.0. The number of hydrogen-bond acceptors (Lipinski definition) is 4. The summed E-state index contributed by atoms with van der Waals surface area (Å²) in [4.78, 5) is 10.4. The third kappa shape index (κ3) is 3.15. The second-order valence-electron chi connectivity index (χ2n) is 4.53. The molecule has 1 unspecified atom stereocenters. The molecule has 0 amide bonds. The second-order valence-corrected chi connectivity index (χ2v) is 4.93. The maximum Gasteiger partial charge on any atom is 0.0806 e. The van der Waals surface area contributed by atoms with Crippen LogP contribution in [0.4, 0.5) is 11.4 Å². The van der Waals surface area contributed by atoms with Gasteiger partial charge in [-0.25, -0.2) is 0 Å². The van der Waals surface area contributed by atoms with Gasteiger partial charge in [0.15, 0.2) is 0 Å². The van der Waals surface area contributed by atoms with Crippen LogP contribution in [0, 0.1) is 0 Å². The number of rotatable bonds is 4. The quantitative estimate of drug-likeness (QED) is 0.930. The number of halogens is 1. The molecule has 1 N–H and O–H groups in total. The molecule has 0 saturated heterocycles. The van der Waals surface area contributed by atoms with E-state index in [1.807, 2.05) is 44.1 Å². The minimum atomic E-state index is 0.0610. The van der Waals surface area contributed by atoms with Gasteiger partial charge >= 0.3 is 0 Å². The summed E-state index contributed by atoms with van der Waals surface area (Å²) in [5, 5.41) is 4.14. The lowest BCUT2D eigenvalue weighted by Gasteiger charge is -2.22. The summed E-state index contributed by atoms with van der Waals surface area (Å²) in [6.45, 7) is 2.05. The van der Waals surface area contributed by atoms with Crippen molar-refractivity contribution in [2.45, 2.75) is 13.0 Å². The van der Waals surface area contributed by atoms with Crippen LogP contribution >= 0.6 is 11.6 Å². The van der Waals surface area contributed by atoms with Crippen molar-refractivity contribution in [2.75, 3.05) is 24.3 Å². The molecule has 0 aliphatic rings. The van der Waals surface area contributed by atoms with Gasteiger partial charge in [-0.3, -0.25) is 9.97 Å². The van der Waals surface area contributed by atoms with Crippen LogP contribution in [-0.2, 0) is 0 Å². The zero-order valence-electron chi connectivity index (χ0n) is 11.3. The lowest BCUT2D eigenvalue weighted by molar-refractivity contribution is 0.826. The molecule has 4 nitrogen and oxygen atoms in total. The highest BCUT2D eigenvalue weighted by Gasteiger charge is 2.13. The van der Waals surface area contributed by atoms with Gasteiger partial charge in [-0.2, -0.15) is 0 Å². The summed E-state index contributed by atoms with van der Waals surface area (Å²) in [5.41, 5.74) is 2.85. The summed E-state index contributed by atoms with van der Waals surface area (Å²) >= 11 is 6.24. The molecule has 0 aliphatic carbocycles. The van der Waals surface area contributed by atoms with Crippen molar-refractivity contribution >= 4 is 23.0 Å². The maximum absolute atomic E-state index is 6.24. The molecule has 1 aromatic heterocycles. The Bertz CT molecular complexity index is 542. The Morgan fingerprint density at radius 3 is 2.68 bits per heavy atom. The first-order valence-corrected chi connectivity index (χ1v) is 6.45. The summed E-state index contributed by atoms with van der Waals surface area (Å²) in [7, 11) is 3.94. The smallest absolute Gasteiger partial charge is 0.0806 e. The fourth-order valence-corrected chi connectivity index (χ4v) is 2.27. The van der Waals surface area contributed by atoms with Gasteiger partial charge in [0.05, 0.1) is 34.3 Å². The molecule has 0 fully saturated rings. The second kappa shape index (κ2) is 5.89. The highest BCUT2D eigenvalue weighted by atomic mass is 35.5. The van der Waals surface area contributed by atoms with Crippen molar-refractivity contribution in [3.63, 3.8) is 0 Å². The van der Waals surface area contributed by atoms with Crippen LogP contribution in [0.5, 0.6) is 0 Å². The Balaban J connectivity index is 2.27. The minimum Gasteiger partial charge on any atom is -0.375 e. The van der Waals surface area contributed by atoms with E-state index in [9.17, 15) is 0 Å². The Morgan fingerprint density at radius 2 is 2.05 bits per heavy atom. The molecular formula is C14H17ClN4. The van der Waals surface area contributed by atoms with E-state index in [1.165, 1.54) is 0 Å². The molecule has 100 valence electrons. The van der Waals surface area contributed by atoms with Crippen LogP contribution in [-0.4, -0.2) is 24.1 Å². The van der Waals surface area contributed by atoms with Crippen molar-refractivity contribution in [1.82, 2.24) is 9.97 Å². The van der Waals surface area contributed by atoms with E-state index in [2.05, 4.69) is 15.3 Å². The molecule has 0 aliphatic heterocycles. The summed E-state index contributed by atoms with van der Waals surface area (Å²) in [6, 6.07) is 5.88. The average molecular weight is 277 g/mol. The number of para-hydroxylation sites is 1. The molecule has 2 aromatic rings. The van der Waals surface area contributed by atoms with Gasteiger partial charge in [-0.05, 0) is 19.1 Å². The zero-order chi connectivity index (χ0) is 13.8. The van der Waals surface area contributed by atoms with Crippen LogP contribution in [0.2, 0.25) is 5.02 Å². The number of benzene rings is 1. The number of nitrogens with one attached hydrogen (secondary N) is 1. The zero-order valence-corrected chi connectivity index (χ0v) is 12.0. The minimum absolute atomic E-state index is 0.0610. The molecule has 1 heterocycles. The Labute approximate surface area is 118 Å². The third-order valence-corrected chi connectivity index (χ3v) is 3.14. The van der Waals surface area contributed by atoms with E-state index in [0.717, 1.165) is 22.1 Å². The molecule has 19 heavy (non-hydrogen) atoms. The molecule has 0 spiro atoms. The molecule has 2 rings (SSSR count). The van der Waals surface area contributed by atoms with E-state index in [1.54, 1.807) is 18.6 Å². The summed E-state index contributed by atoms with van der Waals surface area (Å²) in [6.07, 6.45) is 5.12. The molecule has 5 heteroatoms. The van der Waals surface area contributed by atoms with Crippen molar-refractivity contribution in [2.24, 2.45) is 0 Å². The average Bonchev–Trinajstić information content (AvgIpc) is 2.39. The Morgan fingerprint density at radius 1 is 1.26 bits per heavy atom. The van der Waals surface area contributed by atoms with Crippen molar-refractivity contribution < 1.29 is 0 Å². The largest absolute Gasteiger partial charge is 0.375 e. The van der Waals surface area contributed by atoms with E-state index in [4.69, 9.17) is 11.6 Å². The molecule has 0 bridgehead atoms. The number of nitrogens with zero attached hydrogens (tertiary/aromatic N) is 3. The maximum atomic E-state index is 6.24. The van der Waals surface area contributed by atoms with Crippen molar-refractivity contribution in [3.05, 3.63) is 47.5 Å². The van der Waals surface area contributed by atoms with Gasteiger partial charge in [0.2, 0.25) is 0 Å². The van der Waals surface area contributed by atoms with Crippen molar-refractivity contribution in [3.8, 4) is 0 Å².